The van der Waals surface area contributed by atoms with Gasteiger partial charge in [-0.1, -0.05) is 23.4 Å². The van der Waals surface area contributed by atoms with Crippen LogP contribution >= 0.6 is 0 Å². The molecule has 0 fully saturated rings. The van der Waals surface area contributed by atoms with E-state index in [0.29, 0.717) is 28.7 Å². The molecule has 4 rings (SSSR count). The van der Waals surface area contributed by atoms with Gasteiger partial charge in [-0.25, -0.2) is 8.42 Å². The van der Waals surface area contributed by atoms with E-state index in [1.807, 2.05) is 6.07 Å². The molecule has 0 amide bonds. The summed E-state index contributed by atoms with van der Waals surface area (Å²) in [6.45, 7) is 0. The molecule has 2 aromatic heterocycles. The summed E-state index contributed by atoms with van der Waals surface area (Å²) in [6, 6.07) is 15.1. The topological polar surface area (TPSA) is 116 Å². The molecular formula is C22H20N4O5S. The SMILES string of the molecule is COc1ccc(S(=O)(=O)Nc2ccccc2Cc2nc(-c3cccnc3)no2)c(OC)c1. The van der Waals surface area contributed by atoms with Gasteiger partial charge in [-0.15, -0.1) is 0 Å². The first-order valence-corrected chi connectivity index (χ1v) is 11.0. The molecule has 0 saturated carbocycles. The number of rotatable bonds is 8. The molecule has 0 spiro atoms. The summed E-state index contributed by atoms with van der Waals surface area (Å²) >= 11 is 0. The van der Waals surface area contributed by atoms with E-state index in [-0.39, 0.29) is 17.1 Å². The molecule has 32 heavy (non-hydrogen) atoms. The van der Waals surface area contributed by atoms with Crippen molar-refractivity contribution < 1.29 is 22.4 Å². The quantitative estimate of drug-likeness (QED) is 0.431. The monoisotopic (exact) mass is 452 g/mol. The number of para-hydroxylation sites is 1. The number of benzene rings is 2. The fourth-order valence-corrected chi connectivity index (χ4v) is 4.33. The molecule has 0 atom stereocenters. The highest BCUT2D eigenvalue weighted by Crippen LogP contribution is 2.31. The third kappa shape index (κ3) is 4.54. The summed E-state index contributed by atoms with van der Waals surface area (Å²) in [5.74, 6) is 1.42. The zero-order valence-electron chi connectivity index (χ0n) is 17.3. The smallest absolute Gasteiger partial charge is 0.265 e. The molecule has 0 aliphatic heterocycles. The summed E-state index contributed by atoms with van der Waals surface area (Å²) in [7, 11) is -1.04. The maximum Gasteiger partial charge on any atom is 0.265 e. The molecule has 0 saturated heterocycles. The molecule has 0 unspecified atom stereocenters. The first kappa shape index (κ1) is 21.3. The van der Waals surface area contributed by atoms with Crippen molar-refractivity contribution in [3.8, 4) is 22.9 Å². The van der Waals surface area contributed by atoms with E-state index in [1.165, 1.54) is 26.4 Å². The lowest BCUT2D eigenvalue weighted by Crippen LogP contribution is -2.15. The van der Waals surface area contributed by atoms with Crippen LogP contribution in [-0.4, -0.2) is 37.8 Å². The number of aromatic nitrogens is 3. The van der Waals surface area contributed by atoms with E-state index in [1.54, 1.807) is 48.8 Å². The Morgan fingerprint density at radius 3 is 2.62 bits per heavy atom. The number of pyridine rings is 1. The number of hydrogen-bond acceptors (Lipinski definition) is 8. The van der Waals surface area contributed by atoms with Crippen LogP contribution in [0.5, 0.6) is 11.5 Å². The summed E-state index contributed by atoms with van der Waals surface area (Å²) in [5.41, 5.74) is 1.79. The predicted octanol–water partition coefficient (Wildman–Crippen LogP) is 3.54. The Morgan fingerprint density at radius 1 is 1.03 bits per heavy atom. The van der Waals surface area contributed by atoms with Gasteiger partial charge in [0.2, 0.25) is 11.7 Å². The van der Waals surface area contributed by atoms with Crippen molar-refractivity contribution in [1.82, 2.24) is 15.1 Å². The van der Waals surface area contributed by atoms with E-state index in [0.717, 1.165) is 5.56 Å². The van der Waals surface area contributed by atoms with Crippen molar-refractivity contribution in [3.05, 3.63) is 78.4 Å². The first-order chi connectivity index (χ1) is 15.5. The van der Waals surface area contributed by atoms with Crippen molar-refractivity contribution >= 4 is 15.7 Å². The van der Waals surface area contributed by atoms with E-state index in [2.05, 4.69) is 19.8 Å². The lowest BCUT2D eigenvalue weighted by Gasteiger charge is -2.14. The van der Waals surface area contributed by atoms with Crippen LogP contribution in [0, 0.1) is 0 Å². The van der Waals surface area contributed by atoms with Crippen LogP contribution in [0.2, 0.25) is 0 Å². The highest BCUT2D eigenvalue weighted by molar-refractivity contribution is 7.92. The van der Waals surface area contributed by atoms with Crippen molar-refractivity contribution in [2.24, 2.45) is 0 Å². The van der Waals surface area contributed by atoms with Crippen LogP contribution in [0.1, 0.15) is 11.5 Å². The van der Waals surface area contributed by atoms with E-state index in [4.69, 9.17) is 14.0 Å². The molecule has 2 heterocycles. The number of methoxy groups -OCH3 is 2. The number of nitrogens with zero attached hydrogens (tertiary/aromatic N) is 3. The van der Waals surface area contributed by atoms with Crippen molar-refractivity contribution in [2.75, 3.05) is 18.9 Å². The summed E-state index contributed by atoms with van der Waals surface area (Å²) in [4.78, 5) is 8.43. The molecule has 10 heteroatoms. The molecule has 0 aliphatic carbocycles. The third-order valence-electron chi connectivity index (χ3n) is 4.65. The molecule has 4 aromatic rings. The summed E-state index contributed by atoms with van der Waals surface area (Å²) < 4.78 is 44.5. The van der Waals surface area contributed by atoms with Gasteiger partial charge in [0.05, 0.1) is 26.3 Å². The van der Waals surface area contributed by atoms with Crippen LogP contribution in [0.4, 0.5) is 5.69 Å². The fourth-order valence-electron chi connectivity index (χ4n) is 3.07. The van der Waals surface area contributed by atoms with E-state index in [9.17, 15) is 8.42 Å². The van der Waals surface area contributed by atoms with Crippen LogP contribution in [0.15, 0.2) is 76.4 Å². The Bertz CT molecular complexity index is 1320. The van der Waals surface area contributed by atoms with Gasteiger partial charge in [0.1, 0.15) is 16.4 Å². The Hall–Kier alpha value is -3.92. The number of anilines is 1. The minimum absolute atomic E-state index is 0.00717. The molecule has 9 nitrogen and oxygen atoms in total. The fraction of sp³-hybridized carbons (Fsp3) is 0.136. The number of sulfonamides is 1. The molecular weight excluding hydrogens is 432 g/mol. The summed E-state index contributed by atoms with van der Waals surface area (Å²) in [6.07, 6.45) is 3.54. The third-order valence-corrected chi connectivity index (χ3v) is 6.06. The zero-order chi connectivity index (χ0) is 22.6. The van der Waals surface area contributed by atoms with Crippen LogP contribution in [0.25, 0.3) is 11.4 Å². The normalized spacial score (nSPS) is 11.2. The zero-order valence-corrected chi connectivity index (χ0v) is 18.2. The maximum atomic E-state index is 13.1. The molecule has 1 N–H and O–H groups in total. The van der Waals surface area contributed by atoms with E-state index >= 15 is 0 Å². The second kappa shape index (κ2) is 9.06. The number of nitrogens with one attached hydrogen (secondary N) is 1. The van der Waals surface area contributed by atoms with E-state index < -0.39 is 10.0 Å². The average Bonchev–Trinajstić information content (AvgIpc) is 3.29. The lowest BCUT2D eigenvalue weighted by atomic mass is 10.1. The Labute approximate surface area is 185 Å². The summed E-state index contributed by atoms with van der Waals surface area (Å²) in [5, 5.41) is 3.98. The maximum absolute atomic E-state index is 13.1. The van der Waals surface area contributed by atoms with Crippen molar-refractivity contribution in [2.45, 2.75) is 11.3 Å². The molecule has 0 aliphatic rings. The van der Waals surface area contributed by atoms with Crippen LogP contribution in [-0.2, 0) is 16.4 Å². The Balaban J connectivity index is 1.60. The second-order valence-corrected chi connectivity index (χ2v) is 8.36. The second-order valence-electron chi connectivity index (χ2n) is 6.71. The molecule has 2 aromatic carbocycles. The Kier molecular flexibility index (Phi) is 6.04. The highest BCUT2D eigenvalue weighted by atomic mass is 32.2. The van der Waals surface area contributed by atoms with Gasteiger partial charge in [0.15, 0.2) is 0 Å². The van der Waals surface area contributed by atoms with Gasteiger partial charge in [-0.3, -0.25) is 9.71 Å². The van der Waals surface area contributed by atoms with Gasteiger partial charge in [-0.05, 0) is 35.9 Å². The standard InChI is InChI=1S/C22H20N4O5S/c1-29-17-9-10-20(19(13-17)30-2)32(27,28)26-18-8-4-3-6-15(18)12-21-24-22(25-31-21)16-7-5-11-23-14-16/h3-11,13-14,26H,12H2,1-2H3. The van der Waals surface area contributed by atoms with Gasteiger partial charge in [0.25, 0.3) is 10.0 Å². The highest BCUT2D eigenvalue weighted by Gasteiger charge is 2.22. The van der Waals surface area contributed by atoms with Gasteiger partial charge in [0, 0.05) is 24.0 Å². The number of hydrogen-bond donors (Lipinski definition) is 1. The largest absolute Gasteiger partial charge is 0.497 e. The minimum atomic E-state index is -3.94. The van der Waals surface area contributed by atoms with Crippen LogP contribution < -0.4 is 14.2 Å². The minimum Gasteiger partial charge on any atom is -0.497 e. The van der Waals surface area contributed by atoms with Crippen LogP contribution in [0.3, 0.4) is 0 Å². The number of ether oxygens (including phenoxy) is 2. The van der Waals surface area contributed by atoms with Gasteiger partial charge in [-0.2, -0.15) is 4.98 Å². The average molecular weight is 452 g/mol. The van der Waals surface area contributed by atoms with Gasteiger partial charge >= 0.3 is 0 Å². The molecule has 0 bridgehead atoms. The van der Waals surface area contributed by atoms with Crippen molar-refractivity contribution in [3.63, 3.8) is 0 Å². The predicted molar refractivity (Wildman–Crippen MR) is 117 cm³/mol. The molecule has 164 valence electrons. The first-order valence-electron chi connectivity index (χ1n) is 9.56. The lowest BCUT2D eigenvalue weighted by molar-refractivity contribution is 0.385. The Morgan fingerprint density at radius 2 is 1.88 bits per heavy atom. The van der Waals surface area contributed by atoms with Crippen molar-refractivity contribution in [1.29, 1.82) is 0 Å². The van der Waals surface area contributed by atoms with Gasteiger partial charge < -0.3 is 14.0 Å². The molecule has 0 radical (unpaired) electrons.